The fourth-order valence-corrected chi connectivity index (χ4v) is 2.36. The van der Waals surface area contributed by atoms with Crippen molar-refractivity contribution in [3.63, 3.8) is 0 Å². The van der Waals surface area contributed by atoms with Crippen LogP contribution in [-0.4, -0.2) is 33.5 Å². The van der Waals surface area contributed by atoms with Gasteiger partial charge in [0.2, 0.25) is 0 Å². The van der Waals surface area contributed by atoms with E-state index in [2.05, 4.69) is 0 Å². The highest BCUT2D eigenvalue weighted by Crippen LogP contribution is 2.39. The predicted octanol–water partition coefficient (Wildman–Crippen LogP) is 2.03. The Hall–Kier alpha value is -1.03. The Kier molecular flexibility index (Phi) is 2.49. The fraction of sp³-hybridized carbons (Fsp3) is 0.750. The van der Waals surface area contributed by atoms with Gasteiger partial charge in [-0.15, -0.1) is 0 Å². The lowest BCUT2D eigenvalue weighted by Gasteiger charge is -2.38. The van der Waals surface area contributed by atoms with E-state index in [0.29, 0.717) is 6.42 Å². The van der Waals surface area contributed by atoms with E-state index in [0.717, 1.165) is 12.8 Å². The second-order valence-corrected chi connectivity index (χ2v) is 5.56. The van der Waals surface area contributed by atoms with Crippen molar-refractivity contribution in [3.8, 4) is 0 Å². The van der Waals surface area contributed by atoms with Crippen LogP contribution in [0.3, 0.4) is 0 Å². The number of aliphatic hydroxyl groups is 1. The van der Waals surface area contributed by atoms with Crippen LogP contribution in [0.25, 0.3) is 0 Å². The summed E-state index contributed by atoms with van der Waals surface area (Å²) in [5.74, 6) is 0. The number of fused-ring (bicyclic) bond motifs is 2. The second-order valence-electron chi connectivity index (χ2n) is 5.56. The van der Waals surface area contributed by atoms with Crippen molar-refractivity contribution in [2.45, 2.75) is 57.4 Å². The van der Waals surface area contributed by atoms with Gasteiger partial charge >= 0.3 is 6.09 Å². The summed E-state index contributed by atoms with van der Waals surface area (Å²) in [6.45, 7) is 5.49. The monoisotopic (exact) mass is 225 g/mol. The first-order valence-electron chi connectivity index (χ1n) is 5.74. The minimum atomic E-state index is -1.12. The van der Waals surface area contributed by atoms with Crippen molar-refractivity contribution in [3.05, 3.63) is 12.2 Å². The summed E-state index contributed by atoms with van der Waals surface area (Å²) in [5.41, 5.74) is -1.64. The molecule has 2 unspecified atom stereocenters. The molecule has 2 bridgehead atoms. The number of amides is 1. The average molecular weight is 225 g/mol. The van der Waals surface area contributed by atoms with Crippen LogP contribution < -0.4 is 0 Å². The van der Waals surface area contributed by atoms with Crippen LogP contribution >= 0.6 is 0 Å². The van der Waals surface area contributed by atoms with Gasteiger partial charge in [-0.1, -0.05) is 6.08 Å². The summed E-state index contributed by atoms with van der Waals surface area (Å²) in [7, 11) is 0. The molecule has 2 rings (SSSR count). The lowest BCUT2D eigenvalue weighted by molar-refractivity contribution is -0.0680. The molecule has 0 radical (unpaired) electrons. The molecule has 1 fully saturated rings. The first-order chi connectivity index (χ1) is 7.32. The highest BCUT2D eigenvalue weighted by atomic mass is 16.6. The Labute approximate surface area is 95.9 Å². The van der Waals surface area contributed by atoms with Gasteiger partial charge in [-0.25, -0.2) is 4.79 Å². The molecule has 2 heterocycles. The Morgan fingerprint density at radius 2 is 2.25 bits per heavy atom. The Morgan fingerprint density at radius 1 is 1.56 bits per heavy atom. The number of carbonyl (C=O) groups is 1. The van der Waals surface area contributed by atoms with Gasteiger partial charge < -0.3 is 9.84 Å². The molecule has 0 aromatic rings. The normalized spacial score (nSPS) is 33.0. The van der Waals surface area contributed by atoms with E-state index in [9.17, 15) is 9.90 Å². The first kappa shape index (κ1) is 11.5. The molecule has 4 nitrogen and oxygen atoms in total. The van der Waals surface area contributed by atoms with Gasteiger partial charge in [0.15, 0.2) is 5.72 Å². The van der Waals surface area contributed by atoms with Gasteiger partial charge in [0.25, 0.3) is 0 Å². The molecule has 0 saturated carbocycles. The van der Waals surface area contributed by atoms with Crippen molar-refractivity contribution < 1.29 is 14.6 Å². The van der Waals surface area contributed by atoms with Crippen LogP contribution in [0.15, 0.2) is 12.2 Å². The molecule has 2 aliphatic heterocycles. The van der Waals surface area contributed by atoms with Crippen molar-refractivity contribution in [1.29, 1.82) is 0 Å². The summed E-state index contributed by atoms with van der Waals surface area (Å²) in [5, 5.41) is 10.3. The zero-order valence-electron chi connectivity index (χ0n) is 10.1. The zero-order chi connectivity index (χ0) is 12.0. The highest BCUT2D eigenvalue weighted by molar-refractivity contribution is 5.70. The third-order valence-electron chi connectivity index (χ3n) is 3.01. The minimum absolute atomic E-state index is 0.0878. The van der Waals surface area contributed by atoms with Crippen molar-refractivity contribution in [2.24, 2.45) is 0 Å². The first-order valence-corrected chi connectivity index (χ1v) is 5.74. The third kappa shape index (κ3) is 1.94. The number of rotatable bonds is 0. The third-order valence-corrected chi connectivity index (χ3v) is 3.01. The van der Waals surface area contributed by atoms with Crippen molar-refractivity contribution in [1.82, 2.24) is 4.90 Å². The SMILES string of the molecule is CC(C)(C)OC(=O)N1C2CC=CC1(O)CC2. The van der Waals surface area contributed by atoms with Gasteiger partial charge in [-0.3, -0.25) is 4.90 Å². The Balaban J connectivity index is 2.16. The molecular weight excluding hydrogens is 206 g/mol. The van der Waals surface area contributed by atoms with Crippen LogP contribution in [0.4, 0.5) is 4.79 Å². The molecule has 0 aliphatic carbocycles. The van der Waals surface area contributed by atoms with Gasteiger partial charge in [0.05, 0.1) is 0 Å². The summed E-state index contributed by atoms with van der Waals surface area (Å²) in [6, 6.07) is 0.0878. The summed E-state index contributed by atoms with van der Waals surface area (Å²) < 4.78 is 5.32. The largest absolute Gasteiger partial charge is 0.444 e. The Morgan fingerprint density at radius 3 is 2.81 bits per heavy atom. The molecule has 16 heavy (non-hydrogen) atoms. The summed E-state index contributed by atoms with van der Waals surface area (Å²) in [6.07, 6.45) is 5.48. The van der Waals surface area contributed by atoms with Crippen LogP contribution in [-0.2, 0) is 4.74 Å². The van der Waals surface area contributed by atoms with E-state index >= 15 is 0 Å². The summed E-state index contributed by atoms with van der Waals surface area (Å²) >= 11 is 0. The fourth-order valence-electron chi connectivity index (χ4n) is 2.36. The lowest BCUT2D eigenvalue weighted by atomic mass is 10.1. The molecule has 4 heteroatoms. The molecule has 2 aliphatic rings. The quantitative estimate of drug-likeness (QED) is 0.642. The number of ether oxygens (including phenoxy) is 1. The van der Waals surface area contributed by atoms with Crippen LogP contribution in [0.1, 0.15) is 40.0 Å². The van der Waals surface area contributed by atoms with E-state index in [1.807, 2.05) is 26.8 Å². The van der Waals surface area contributed by atoms with Crippen LogP contribution in [0.5, 0.6) is 0 Å². The van der Waals surface area contributed by atoms with Gasteiger partial charge in [-0.2, -0.15) is 0 Å². The van der Waals surface area contributed by atoms with Crippen LogP contribution in [0, 0.1) is 0 Å². The van der Waals surface area contributed by atoms with E-state index in [-0.39, 0.29) is 6.04 Å². The summed E-state index contributed by atoms with van der Waals surface area (Å²) in [4.78, 5) is 13.5. The Bertz CT molecular complexity index is 332. The predicted molar refractivity (Wildman–Crippen MR) is 59.8 cm³/mol. The topological polar surface area (TPSA) is 49.8 Å². The van der Waals surface area contributed by atoms with Gasteiger partial charge in [0, 0.05) is 12.5 Å². The molecule has 0 aromatic carbocycles. The number of carbonyl (C=O) groups excluding carboxylic acids is 1. The van der Waals surface area contributed by atoms with E-state index in [1.54, 1.807) is 6.08 Å². The molecule has 0 aromatic heterocycles. The van der Waals surface area contributed by atoms with E-state index in [4.69, 9.17) is 4.74 Å². The molecule has 1 amide bonds. The second kappa shape index (κ2) is 3.48. The molecule has 90 valence electrons. The van der Waals surface area contributed by atoms with Crippen molar-refractivity contribution >= 4 is 6.09 Å². The number of hydrogen-bond acceptors (Lipinski definition) is 3. The molecular formula is C12H19NO3. The molecule has 1 N–H and O–H groups in total. The maximum atomic E-state index is 12.0. The molecule has 1 saturated heterocycles. The van der Waals surface area contributed by atoms with Crippen LogP contribution in [0.2, 0.25) is 0 Å². The molecule has 2 atom stereocenters. The van der Waals surface area contributed by atoms with E-state index < -0.39 is 17.4 Å². The van der Waals surface area contributed by atoms with Gasteiger partial charge in [-0.05, 0) is 39.7 Å². The highest BCUT2D eigenvalue weighted by Gasteiger charge is 2.49. The maximum absolute atomic E-state index is 12.0. The minimum Gasteiger partial charge on any atom is -0.444 e. The average Bonchev–Trinajstić information content (AvgIpc) is 2.30. The zero-order valence-corrected chi connectivity index (χ0v) is 10.1. The lowest BCUT2D eigenvalue weighted by Crippen LogP contribution is -2.52. The smallest absolute Gasteiger partial charge is 0.413 e. The number of hydrogen-bond donors (Lipinski definition) is 1. The standard InChI is InChI=1S/C12H19NO3/c1-11(2,3)16-10(14)13-9-5-4-7-12(13,15)8-6-9/h4,7,9,15H,5-6,8H2,1-3H3. The maximum Gasteiger partial charge on any atom is 0.413 e. The molecule has 0 spiro atoms. The van der Waals surface area contributed by atoms with E-state index in [1.165, 1.54) is 4.90 Å². The van der Waals surface area contributed by atoms with Gasteiger partial charge in [0.1, 0.15) is 5.60 Å². The number of nitrogens with zero attached hydrogens (tertiary/aromatic N) is 1. The van der Waals surface area contributed by atoms with Crippen molar-refractivity contribution in [2.75, 3.05) is 0 Å².